The van der Waals surface area contributed by atoms with Gasteiger partial charge in [0.2, 0.25) is 0 Å². The third kappa shape index (κ3) is 2.92. The van der Waals surface area contributed by atoms with Gasteiger partial charge in [0.05, 0.1) is 5.41 Å². The Morgan fingerprint density at radius 1 is 1.07 bits per heavy atom. The predicted octanol–water partition coefficient (Wildman–Crippen LogP) is 2.89. The highest BCUT2D eigenvalue weighted by Gasteiger charge is 2.44. The molecule has 0 amide bonds. The highest BCUT2D eigenvalue weighted by Crippen LogP contribution is 2.46. The Hall–Kier alpha value is -2.66. The van der Waals surface area contributed by atoms with E-state index >= 15 is 0 Å². The first-order valence-electron chi connectivity index (χ1n) is 9.51. The minimum absolute atomic E-state index is 0.0633. The second kappa shape index (κ2) is 6.50. The van der Waals surface area contributed by atoms with Crippen LogP contribution in [-0.2, 0) is 18.3 Å². The quantitative estimate of drug-likeness (QED) is 0.669. The molecule has 1 atom stereocenters. The lowest BCUT2D eigenvalue weighted by molar-refractivity contribution is 0.476. The molecule has 1 aliphatic carbocycles. The highest BCUT2D eigenvalue weighted by molar-refractivity contribution is 5.55. The van der Waals surface area contributed by atoms with E-state index in [-0.39, 0.29) is 11.7 Å². The van der Waals surface area contributed by atoms with Gasteiger partial charge in [-0.05, 0) is 62.3 Å². The van der Waals surface area contributed by atoms with E-state index in [4.69, 9.17) is 5.73 Å². The highest BCUT2D eigenvalue weighted by atomic mass is 16.1. The van der Waals surface area contributed by atoms with Crippen molar-refractivity contribution in [2.45, 2.75) is 51.5 Å². The van der Waals surface area contributed by atoms with E-state index in [1.54, 1.807) is 0 Å². The molecule has 0 spiro atoms. The summed E-state index contributed by atoms with van der Waals surface area (Å²) >= 11 is 0. The Kier molecular flexibility index (Phi) is 4.27. The number of hydrogen-bond acceptors (Lipinski definition) is 3. The number of aromatic amines is 2. The summed E-state index contributed by atoms with van der Waals surface area (Å²) in [6.45, 7) is 6.25. The van der Waals surface area contributed by atoms with E-state index < -0.39 is 5.41 Å². The van der Waals surface area contributed by atoms with Crippen molar-refractivity contribution in [3.8, 4) is 0 Å². The van der Waals surface area contributed by atoms with Crippen molar-refractivity contribution in [2.24, 2.45) is 5.73 Å². The molecule has 4 rings (SSSR count). The second-order valence-corrected chi connectivity index (χ2v) is 7.93. The summed E-state index contributed by atoms with van der Waals surface area (Å²) in [7, 11) is 0. The molecule has 3 aromatic rings. The molecular weight excluding hydrogens is 336 g/mol. The molecule has 4 N–H and O–H groups in total. The second-order valence-electron chi connectivity index (χ2n) is 7.93. The lowest BCUT2D eigenvalue weighted by atomic mass is 9.68. The zero-order valence-corrected chi connectivity index (χ0v) is 16.1. The average Bonchev–Trinajstić information content (AvgIpc) is 3.00. The molecule has 1 aromatic heterocycles. The van der Waals surface area contributed by atoms with Gasteiger partial charge in [0.1, 0.15) is 5.82 Å². The van der Waals surface area contributed by atoms with Crippen LogP contribution in [0, 0.1) is 13.8 Å². The largest absolute Gasteiger partial charge is 0.340 e. The number of rotatable bonds is 3. The molecule has 0 unspecified atom stereocenters. The maximum atomic E-state index is 12.0. The van der Waals surface area contributed by atoms with Crippen molar-refractivity contribution in [3.05, 3.63) is 86.1 Å². The topological polar surface area (TPSA) is 87.6 Å². The van der Waals surface area contributed by atoms with E-state index in [0.29, 0.717) is 12.2 Å². The molecule has 0 saturated carbocycles. The maximum Gasteiger partial charge on any atom is 0.340 e. The Balaban J connectivity index is 2.12. The van der Waals surface area contributed by atoms with Crippen LogP contribution in [0.1, 0.15) is 52.5 Å². The normalized spacial score (nSPS) is 16.3. The van der Waals surface area contributed by atoms with Gasteiger partial charge in [0, 0.05) is 6.04 Å². The molecule has 5 nitrogen and oxygen atoms in total. The molecule has 2 aromatic carbocycles. The van der Waals surface area contributed by atoms with E-state index in [0.717, 1.165) is 12.8 Å². The molecule has 5 heteroatoms. The number of fused-ring (bicyclic) bond motifs is 2. The van der Waals surface area contributed by atoms with Crippen LogP contribution in [-0.4, -0.2) is 21.2 Å². The number of nitrogens with one attached hydrogen (secondary N) is 2. The molecule has 0 saturated heterocycles. The third-order valence-electron chi connectivity index (χ3n) is 5.64. The van der Waals surface area contributed by atoms with Crippen LogP contribution in [0.3, 0.4) is 0 Å². The van der Waals surface area contributed by atoms with Gasteiger partial charge >= 0.3 is 5.69 Å². The molecule has 140 valence electrons. The van der Waals surface area contributed by atoms with Crippen LogP contribution >= 0.6 is 0 Å². The van der Waals surface area contributed by atoms with Gasteiger partial charge < -0.3 is 5.73 Å². The molecule has 0 radical (unpaired) electrons. The van der Waals surface area contributed by atoms with Gasteiger partial charge in [-0.1, -0.05) is 47.5 Å². The average molecular weight is 362 g/mol. The molecule has 1 heterocycles. The van der Waals surface area contributed by atoms with E-state index in [1.807, 2.05) is 6.92 Å². The smallest absolute Gasteiger partial charge is 0.328 e. The fraction of sp³-hybridized carbons (Fsp3) is 0.364. The number of aryl methyl sites for hydroxylation is 4. The predicted molar refractivity (Wildman–Crippen MR) is 107 cm³/mol. The Bertz CT molecular complexity index is 991. The first-order valence-corrected chi connectivity index (χ1v) is 9.51. The van der Waals surface area contributed by atoms with E-state index in [2.05, 4.69) is 65.4 Å². The van der Waals surface area contributed by atoms with Crippen LogP contribution in [0.25, 0.3) is 0 Å². The van der Waals surface area contributed by atoms with E-state index in [1.165, 1.54) is 33.4 Å². The lowest BCUT2D eigenvalue weighted by Crippen LogP contribution is -2.38. The molecule has 0 fully saturated rings. The van der Waals surface area contributed by atoms with Crippen LogP contribution in [0.15, 0.2) is 41.2 Å². The SMILES string of the molecule is Cc1ccc2c(c1)CCc1cc(C)ccc1C2(C[C@H](C)N)c1n[nH]c(=O)[nH]1. The number of nitrogens with zero attached hydrogens (tertiary/aromatic N) is 1. The summed E-state index contributed by atoms with van der Waals surface area (Å²) in [5, 5.41) is 6.97. The molecular formula is C22H26N4O. The van der Waals surface area contributed by atoms with Crippen molar-refractivity contribution in [1.29, 1.82) is 0 Å². The fourth-order valence-corrected chi connectivity index (χ4v) is 4.63. The summed E-state index contributed by atoms with van der Waals surface area (Å²) < 4.78 is 0. The summed E-state index contributed by atoms with van der Waals surface area (Å²) in [6, 6.07) is 13.1. The maximum absolute atomic E-state index is 12.0. The molecule has 0 bridgehead atoms. The monoisotopic (exact) mass is 362 g/mol. The summed E-state index contributed by atoms with van der Waals surface area (Å²) in [5.41, 5.74) is 12.9. The lowest BCUT2D eigenvalue weighted by Gasteiger charge is -2.36. The Morgan fingerprint density at radius 2 is 1.63 bits per heavy atom. The zero-order chi connectivity index (χ0) is 19.2. The van der Waals surface area contributed by atoms with Crippen LogP contribution in [0.4, 0.5) is 0 Å². The standard InChI is InChI=1S/C22H26N4O/c1-13-4-8-18-16(10-13)6-7-17-11-14(2)5-9-19(17)22(18,12-15(3)23)20-24-21(27)26-25-20/h4-5,8-11,15H,6-7,12,23H2,1-3H3,(H2,24,25,26,27)/t15-/m0/s1. The van der Waals surface area contributed by atoms with Gasteiger partial charge in [-0.3, -0.25) is 4.98 Å². The van der Waals surface area contributed by atoms with Gasteiger partial charge in [-0.25, -0.2) is 9.89 Å². The Morgan fingerprint density at radius 3 is 2.07 bits per heavy atom. The number of benzene rings is 2. The van der Waals surface area contributed by atoms with Gasteiger partial charge in [-0.2, -0.15) is 5.10 Å². The minimum Gasteiger partial charge on any atom is -0.328 e. The summed E-state index contributed by atoms with van der Waals surface area (Å²) in [5.74, 6) is 0.641. The van der Waals surface area contributed by atoms with Crippen molar-refractivity contribution < 1.29 is 0 Å². The van der Waals surface area contributed by atoms with Crippen LogP contribution < -0.4 is 11.4 Å². The minimum atomic E-state index is -0.574. The number of hydrogen-bond donors (Lipinski definition) is 3. The first-order chi connectivity index (χ1) is 12.9. The van der Waals surface area contributed by atoms with Crippen molar-refractivity contribution in [3.63, 3.8) is 0 Å². The summed E-state index contributed by atoms with van der Waals surface area (Å²) in [6.07, 6.45) is 2.59. The zero-order valence-electron chi connectivity index (χ0n) is 16.1. The Labute approximate surface area is 159 Å². The van der Waals surface area contributed by atoms with Gasteiger partial charge in [-0.15, -0.1) is 0 Å². The molecule has 27 heavy (non-hydrogen) atoms. The summed E-state index contributed by atoms with van der Waals surface area (Å²) in [4.78, 5) is 14.9. The van der Waals surface area contributed by atoms with Crippen molar-refractivity contribution in [1.82, 2.24) is 15.2 Å². The van der Waals surface area contributed by atoms with Crippen molar-refractivity contribution in [2.75, 3.05) is 0 Å². The fourth-order valence-electron chi connectivity index (χ4n) is 4.63. The van der Waals surface area contributed by atoms with Crippen LogP contribution in [0.5, 0.6) is 0 Å². The number of aromatic nitrogens is 3. The number of nitrogens with two attached hydrogens (primary N) is 1. The number of H-pyrrole nitrogens is 2. The van der Waals surface area contributed by atoms with Crippen LogP contribution in [0.2, 0.25) is 0 Å². The third-order valence-corrected chi connectivity index (χ3v) is 5.64. The van der Waals surface area contributed by atoms with Gasteiger partial charge in [0.15, 0.2) is 0 Å². The molecule has 1 aliphatic rings. The van der Waals surface area contributed by atoms with E-state index in [9.17, 15) is 4.79 Å². The van der Waals surface area contributed by atoms with Crippen molar-refractivity contribution >= 4 is 0 Å². The molecule has 0 aliphatic heterocycles. The van der Waals surface area contributed by atoms with Gasteiger partial charge in [0.25, 0.3) is 0 Å². The first kappa shape index (κ1) is 17.7.